The van der Waals surface area contributed by atoms with E-state index in [1.54, 1.807) is 18.7 Å². The van der Waals surface area contributed by atoms with Crippen LogP contribution < -0.4 is 5.32 Å². The molecule has 0 spiro atoms. The van der Waals surface area contributed by atoms with Gasteiger partial charge in [-0.3, -0.25) is 9.59 Å². The molecule has 2 unspecified atom stereocenters. The highest BCUT2D eigenvalue weighted by molar-refractivity contribution is 6.04. The van der Waals surface area contributed by atoms with Gasteiger partial charge in [-0.2, -0.15) is 5.26 Å². The second-order valence-corrected chi connectivity index (χ2v) is 6.20. The molecule has 0 radical (unpaired) electrons. The summed E-state index contributed by atoms with van der Waals surface area (Å²) < 4.78 is 0. The predicted molar refractivity (Wildman–Crippen MR) is 72.0 cm³/mol. The van der Waals surface area contributed by atoms with Gasteiger partial charge in [-0.25, -0.2) is 0 Å². The van der Waals surface area contributed by atoms with E-state index < -0.39 is 11.5 Å². The highest BCUT2D eigenvalue weighted by Gasteiger charge is 2.44. The summed E-state index contributed by atoms with van der Waals surface area (Å²) >= 11 is 0. The fraction of sp³-hybridized carbons (Fsp3) is 0.786. The average Bonchev–Trinajstić information content (AvgIpc) is 2.68. The first kappa shape index (κ1) is 15.5. The smallest absolute Gasteiger partial charge is 0.238 e. The third-order valence-electron chi connectivity index (χ3n) is 3.44. The maximum absolute atomic E-state index is 12.5. The van der Waals surface area contributed by atoms with Gasteiger partial charge in [0, 0.05) is 12.6 Å². The van der Waals surface area contributed by atoms with Crippen molar-refractivity contribution in [2.45, 2.75) is 53.1 Å². The first-order valence-electron chi connectivity index (χ1n) is 6.71. The molecule has 0 saturated carbocycles. The molecule has 19 heavy (non-hydrogen) atoms. The van der Waals surface area contributed by atoms with Crippen LogP contribution in [-0.4, -0.2) is 35.3 Å². The van der Waals surface area contributed by atoms with Gasteiger partial charge in [0.25, 0.3) is 0 Å². The fourth-order valence-corrected chi connectivity index (χ4v) is 2.29. The Kier molecular flexibility index (Phi) is 4.56. The summed E-state index contributed by atoms with van der Waals surface area (Å²) in [5.74, 6) is -0.247. The van der Waals surface area contributed by atoms with Crippen LogP contribution >= 0.6 is 0 Å². The Balaban J connectivity index is 2.86. The van der Waals surface area contributed by atoms with Crippen LogP contribution in [0.5, 0.6) is 0 Å². The molecule has 0 aromatic heterocycles. The highest BCUT2D eigenvalue weighted by atomic mass is 16.2. The van der Waals surface area contributed by atoms with Crippen LogP contribution in [0, 0.1) is 22.7 Å². The van der Waals surface area contributed by atoms with Gasteiger partial charge in [0.1, 0.15) is 11.5 Å². The molecule has 0 aromatic rings. The molecule has 1 rings (SSSR count). The lowest BCUT2D eigenvalue weighted by Gasteiger charge is -2.30. The van der Waals surface area contributed by atoms with Crippen LogP contribution in [-0.2, 0) is 9.59 Å². The molecule has 0 bridgehead atoms. The van der Waals surface area contributed by atoms with E-state index in [9.17, 15) is 9.59 Å². The second-order valence-electron chi connectivity index (χ2n) is 6.20. The van der Waals surface area contributed by atoms with Gasteiger partial charge in [-0.05, 0) is 40.0 Å². The van der Waals surface area contributed by atoms with Crippen molar-refractivity contribution >= 4 is 11.8 Å². The minimum absolute atomic E-state index is 0.0103. The Bertz CT molecular complexity index is 409. The number of carbonyl (C=O) groups is 2. The number of nitrogens with one attached hydrogen (secondary N) is 1. The monoisotopic (exact) mass is 265 g/mol. The van der Waals surface area contributed by atoms with Crippen molar-refractivity contribution < 1.29 is 9.59 Å². The van der Waals surface area contributed by atoms with Gasteiger partial charge in [0.05, 0.1) is 6.07 Å². The van der Waals surface area contributed by atoms with Crippen molar-refractivity contribution in [3.05, 3.63) is 0 Å². The largest absolute Gasteiger partial charge is 0.353 e. The molecule has 0 aromatic carbocycles. The number of nitriles is 1. The summed E-state index contributed by atoms with van der Waals surface area (Å²) in [5.41, 5.74) is -1.14. The van der Waals surface area contributed by atoms with Crippen molar-refractivity contribution in [3.8, 4) is 6.07 Å². The molecule has 0 aliphatic carbocycles. The number of likely N-dealkylation sites (tertiary alicyclic amines) is 1. The van der Waals surface area contributed by atoms with E-state index in [0.717, 1.165) is 0 Å². The van der Waals surface area contributed by atoms with E-state index in [-0.39, 0.29) is 17.9 Å². The first-order valence-corrected chi connectivity index (χ1v) is 6.71. The van der Waals surface area contributed by atoms with E-state index in [2.05, 4.69) is 11.4 Å². The van der Waals surface area contributed by atoms with Crippen molar-refractivity contribution in [1.29, 1.82) is 5.26 Å². The van der Waals surface area contributed by atoms with Gasteiger partial charge in [-0.1, -0.05) is 6.92 Å². The number of amides is 2. The summed E-state index contributed by atoms with van der Waals surface area (Å²) in [6, 6.07) is 1.73. The van der Waals surface area contributed by atoms with E-state index >= 15 is 0 Å². The molecule has 1 heterocycles. The number of carbonyl (C=O) groups excluding carboxylic acids is 2. The van der Waals surface area contributed by atoms with Crippen LogP contribution in [0.15, 0.2) is 0 Å². The minimum atomic E-state index is -1.14. The third-order valence-corrected chi connectivity index (χ3v) is 3.44. The molecule has 1 aliphatic rings. The fourth-order valence-electron chi connectivity index (χ4n) is 2.29. The van der Waals surface area contributed by atoms with E-state index in [1.807, 2.05) is 20.8 Å². The lowest BCUT2D eigenvalue weighted by atomic mass is 9.89. The summed E-state index contributed by atoms with van der Waals surface area (Å²) in [6.07, 6.45) is 0.685. The molecule has 1 saturated heterocycles. The molecule has 2 amide bonds. The maximum Gasteiger partial charge on any atom is 0.238 e. The lowest BCUT2D eigenvalue weighted by Crippen LogP contribution is -2.52. The SMILES string of the molecule is CC1CC(C#N)N(C(=O)C(C)(C)C(=O)NC(C)C)C1. The highest BCUT2D eigenvalue weighted by Crippen LogP contribution is 2.28. The summed E-state index contributed by atoms with van der Waals surface area (Å²) in [4.78, 5) is 26.2. The van der Waals surface area contributed by atoms with Crippen molar-refractivity contribution in [2.75, 3.05) is 6.54 Å². The van der Waals surface area contributed by atoms with Crippen LogP contribution in [0.4, 0.5) is 0 Å². The van der Waals surface area contributed by atoms with Gasteiger partial charge in [0.15, 0.2) is 0 Å². The molecule has 1 aliphatic heterocycles. The quantitative estimate of drug-likeness (QED) is 0.782. The average molecular weight is 265 g/mol. The summed E-state index contributed by atoms with van der Waals surface area (Å²) in [7, 11) is 0. The van der Waals surface area contributed by atoms with Crippen molar-refractivity contribution in [1.82, 2.24) is 10.2 Å². The number of hydrogen-bond acceptors (Lipinski definition) is 3. The molecule has 1 N–H and O–H groups in total. The Hall–Kier alpha value is -1.57. The van der Waals surface area contributed by atoms with Crippen LogP contribution in [0.25, 0.3) is 0 Å². The van der Waals surface area contributed by atoms with Gasteiger partial charge in [0.2, 0.25) is 11.8 Å². The van der Waals surface area contributed by atoms with Gasteiger partial charge in [-0.15, -0.1) is 0 Å². The normalized spacial score (nSPS) is 23.3. The Morgan fingerprint density at radius 1 is 1.42 bits per heavy atom. The summed E-state index contributed by atoms with van der Waals surface area (Å²) in [5, 5.41) is 11.9. The molecule has 5 heteroatoms. The molecule has 2 atom stereocenters. The molecule has 5 nitrogen and oxygen atoms in total. The molecular formula is C14H23N3O2. The Morgan fingerprint density at radius 2 is 2.00 bits per heavy atom. The first-order chi connectivity index (χ1) is 8.70. The maximum atomic E-state index is 12.5. The topological polar surface area (TPSA) is 73.2 Å². The van der Waals surface area contributed by atoms with Crippen LogP contribution in [0.1, 0.15) is 41.0 Å². The Morgan fingerprint density at radius 3 is 2.47 bits per heavy atom. The third kappa shape index (κ3) is 3.25. The predicted octanol–water partition coefficient (Wildman–Crippen LogP) is 1.30. The van der Waals surface area contributed by atoms with Gasteiger partial charge < -0.3 is 10.2 Å². The molecular weight excluding hydrogens is 242 g/mol. The molecule has 1 fully saturated rings. The zero-order chi connectivity index (χ0) is 14.8. The molecule has 106 valence electrons. The minimum Gasteiger partial charge on any atom is -0.353 e. The van der Waals surface area contributed by atoms with Gasteiger partial charge >= 0.3 is 0 Å². The van der Waals surface area contributed by atoms with E-state index in [1.165, 1.54) is 0 Å². The standard InChI is InChI=1S/C14H23N3O2/c1-9(2)16-12(18)14(4,5)13(19)17-8-10(3)6-11(17)7-15/h9-11H,6,8H2,1-5H3,(H,16,18). The van der Waals surface area contributed by atoms with Crippen molar-refractivity contribution in [2.24, 2.45) is 11.3 Å². The summed E-state index contributed by atoms with van der Waals surface area (Å²) in [6.45, 7) is 9.51. The Labute approximate surface area is 115 Å². The zero-order valence-electron chi connectivity index (χ0n) is 12.4. The number of hydrogen-bond donors (Lipinski definition) is 1. The van der Waals surface area contributed by atoms with Crippen molar-refractivity contribution in [3.63, 3.8) is 0 Å². The van der Waals surface area contributed by atoms with E-state index in [0.29, 0.717) is 18.9 Å². The second kappa shape index (κ2) is 5.60. The van der Waals surface area contributed by atoms with Crippen LogP contribution in [0.3, 0.4) is 0 Å². The zero-order valence-corrected chi connectivity index (χ0v) is 12.4. The number of nitrogens with zero attached hydrogens (tertiary/aromatic N) is 2. The lowest BCUT2D eigenvalue weighted by molar-refractivity contribution is -0.148. The number of rotatable bonds is 3. The van der Waals surface area contributed by atoms with E-state index in [4.69, 9.17) is 5.26 Å². The van der Waals surface area contributed by atoms with Crippen LogP contribution in [0.2, 0.25) is 0 Å².